The molecule has 0 unspecified atom stereocenters. The van der Waals surface area contributed by atoms with Crippen LogP contribution in [0.15, 0.2) is 24.3 Å². The fourth-order valence-corrected chi connectivity index (χ4v) is 1.79. The van der Waals surface area contributed by atoms with E-state index in [9.17, 15) is 9.59 Å². The van der Waals surface area contributed by atoms with E-state index < -0.39 is 12.0 Å². The Hall–Kier alpha value is -1.88. The molecule has 0 aromatic heterocycles. The second-order valence-corrected chi connectivity index (χ2v) is 3.75. The maximum atomic E-state index is 11.7. The highest BCUT2D eigenvalue weighted by molar-refractivity contribution is 6.01. The molecule has 5 nitrogen and oxygen atoms in total. The number of amides is 1. The number of carboxylic acids is 1. The Morgan fingerprint density at radius 2 is 2.19 bits per heavy atom. The molecule has 1 amide bonds. The van der Waals surface area contributed by atoms with Gasteiger partial charge in [-0.1, -0.05) is 18.2 Å². The summed E-state index contributed by atoms with van der Waals surface area (Å²) in [6.45, 7) is 0.0190. The summed E-state index contributed by atoms with van der Waals surface area (Å²) in [4.78, 5) is 23.7. The summed E-state index contributed by atoms with van der Waals surface area (Å²) >= 11 is 0. The SMILES string of the molecule is N[C@@H](CN1C(=O)Cc2ccccc21)C(=O)O. The zero-order valence-electron chi connectivity index (χ0n) is 8.59. The van der Waals surface area contributed by atoms with Gasteiger partial charge < -0.3 is 15.7 Å². The first kappa shape index (κ1) is 10.6. The Morgan fingerprint density at radius 1 is 1.50 bits per heavy atom. The van der Waals surface area contributed by atoms with Crippen molar-refractivity contribution in [3.63, 3.8) is 0 Å². The summed E-state index contributed by atoms with van der Waals surface area (Å²) in [6, 6.07) is 6.28. The van der Waals surface area contributed by atoms with Crippen LogP contribution in [0.4, 0.5) is 5.69 Å². The van der Waals surface area contributed by atoms with Gasteiger partial charge >= 0.3 is 5.97 Å². The molecule has 84 valence electrons. The highest BCUT2D eigenvalue weighted by atomic mass is 16.4. The predicted octanol–water partition coefficient (Wildman–Crippen LogP) is -0.0124. The molecule has 0 aliphatic carbocycles. The number of anilines is 1. The summed E-state index contributed by atoms with van der Waals surface area (Å²) in [5.74, 6) is -1.20. The van der Waals surface area contributed by atoms with Crippen LogP contribution in [0.3, 0.4) is 0 Å². The Bertz CT molecular complexity index is 445. The molecule has 3 N–H and O–H groups in total. The number of nitrogens with zero attached hydrogens (tertiary/aromatic N) is 1. The number of fused-ring (bicyclic) bond motifs is 1. The van der Waals surface area contributed by atoms with E-state index in [0.29, 0.717) is 6.42 Å². The zero-order chi connectivity index (χ0) is 11.7. The van der Waals surface area contributed by atoms with Crippen molar-refractivity contribution in [1.82, 2.24) is 0 Å². The number of hydrogen-bond donors (Lipinski definition) is 2. The molecule has 1 aliphatic heterocycles. The molecule has 0 fully saturated rings. The highest BCUT2D eigenvalue weighted by Gasteiger charge is 2.29. The molecule has 1 heterocycles. The molecular weight excluding hydrogens is 208 g/mol. The van der Waals surface area contributed by atoms with Gasteiger partial charge in [-0.25, -0.2) is 0 Å². The molecule has 0 radical (unpaired) electrons. The van der Waals surface area contributed by atoms with Crippen LogP contribution in [-0.4, -0.2) is 29.6 Å². The van der Waals surface area contributed by atoms with Crippen molar-refractivity contribution < 1.29 is 14.7 Å². The summed E-state index contributed by atoms with van der Waals surface area (Å²) in [5, 5.41) is 8.71. The molecular formula is C11H12N2O3. The smallest absolute Gasteiger partial charge is 0.322 e. The first-order chi connectivity index (χ1) is 7.59. The Labute approximate surface area is 92.5 Å². The van der Waals surface area contributed by atoms with E-state index in [1.165, 1.54) is 4.90 Å². The molecule has 1 aromatic carbocycles. The first-order valence-corrected chi connectivity index (χ1v) is 4.96. The molecule has 0 spiro atoms. The number of nitrogens with two attached hydrogens (primary N) is 1. The monoisotopic (exact) mass is 220 g/mol. The summed E-state index contributed by atoms with van der Waals surface area (Å²) < 4.78 is 0. The Balaban J connectivity index is 2.22. The van der Waals surface area contributed by atoms with Crippen LogP contribution >= 0.6 is 0 Å². The van der Waals surface area contributed by atoms with Gasteiger partial charge in [-0.2, -0.15) is 0 Å². The third-order valence-corrected chi connectivity index (χ3v) is 2.62. The number of hydrogen-bond acceptors (Lipinski definition) is 3. The summed E-state index contributed by atoms with van der Waals surface area (Å²) in [5.41, 5.74) is 7.11. The standard InChI is InChI=1S/C11H12N2O3/c12-8(11(15)16)6-13-9-4-2-1-3-7(9)5-10(13)14/h1-4,8H,5-6,12H2,(H,15,16)/t8-/m0/s1. The molecule has 0 saturated carbocycles. The molecule has 2 rings (SSSR count). The molecule has 1 atom stereocenters. The minimum absolute atomic E-state index is 0.0190. The van der Waals surface area contributed by atoms with Crippen LogP contribution in [0.5, 0.6) is 0 Å². The topological polar surface area (TPSA) is 83.6 Å². The van der Waals surface area contributed by atoms with Crippen LogP contribution in [0.1, 0.15) is 5.56 Å². The molecule has 0 bridgehead atoms. The lowest BCUT2D eigenvalue weighted by Crippen LogP contribution is -2.44. The van der Waals surface area contributed by atoms with Gasteiger partial charge in [0.25, 0.3) is 0 Å². The Kier molecular flexibility index (Phi) is 2.62. The van der Waals surface area contributed by atoms with Gasteiger partial charge in [-0.15, -0.1) is 0 Å². The molecule has 16 heavy (non-hydrogen) atoms. The van der Waals surface area contributed by atoms with Crippen molar-refractivity contribution in [2.45, 2.75) is 12.5 Å². The van der Waals surface area contributed by atoms with Crippen molar-refractivity contribution in [2.24, 2.45) is 5.73 Å². The third kappa shape index (κ3) is 1.77. The number of carbonyl (C=O) groups excluding carboxylic acids is 1. The van der Waals surface area contributed by atoms with Gasteiger partial charge in [0.1, 0.15) is 6.04 Å². The number of carbonyl (C=O) groups is 2. The van der Waals surface area contributed by atoms with Crippen LogP contribution < -0.4 is 10.6 Å². The second-order valence-electron chi connectivity index (χ2n) is 3.75. The lowest BCUT2D eigenvalue weighted by Gasteiger charge is -2.19. The number of rotatable bonds is 3. The fourth-order valence-electron chi connectivity index (χ4n) is 1.79. The van der Waals surface area contributed by atoms with Gasteiger partial charge in [0, 0.05) is 5.69 Å². The lowest BCUT2D eigenvalue weighted by molar-refractivity contribution is -0.138. The van der Waals surface area contributed by atoms with Crippen molar-refractivity contribution in [3.8, 4) is 0 Å². The number of benzene rings is 1. The second kappa shape index (κ2) is 3.94. The van der Waals surface area contributed by atoms with Crippen molar-refractivity contribution in [3.05, 3.63) is 29.8 Å². The molecule has 5 heteroatoms. The van der Waals surface area contributed by atoms with Crippen molar-refractivity contribution in [1.29, 1.82) is 0 Å². The average molecular weight is 220 g/mol. The van der Waals surface area contributed by atoms with Gasteiger partial charge in [-0.3, -0.25) is 9.59 Å². The number of aliphatic carboxylic acids is 1. The van der Waals surface area contributed by atoms with Gasteiger partial charge in [-0.05, 0) is 11.6 Å². The minimum atomic E-state index is -1.10. The number of para-hydroxylation sites is 1. The maximum absolute atomic E-state index is 11.7. The Morgan fingerprint density at radius 3 is 2.88 bits per heavy atom. The highest BCUT2D eigenvalue weighted by Crippen LogP contribution is 2.28. The zero-order valence-corrected chi connectivity index (χ0v) is 8.59. The van der Waals surface area contributed by atoms with Crippen LogP contribution in [0.25, 0.3) is 0 Å². The van der Waals surface area contributed by atoms with E-state index in [0.717, 1.165) is 11.3 Å². The van der Waals surface area contributed by atoms with E-state index in [2.05, 4.69) is 0 Å². The summed E-state index contributed by atoms with van der Waals surface area (Å²) in [7, 11) is 0. The third-order valence-electron chi connectivity index (χ3n) is 2.62. The maximum Gasteiger partial charge on any atom is 0.322 e. The summed E-state index contributed by atoms with van der Waals surface area (Å²) in [6.07, 6.45) is 0.322. The van der Waals surface area contributed by atoms with E-state index in [-0.39, 0.29) is 12.5 Å². The van der Waals surface area contributed by atoms with E-state index in [1.54, 1.807) is 6.07 Å². The van der Waals surface area contributed by atoms with E-state index in [4.69, 9.17) is 10.8 Å². The minimum Gasteiger partial charge on any atom is -0.480 e. The van der Waals surface area contributed by atoms with Crippen LogP contribution in [0.2, 0.25) is 0 Å². The average Bonchev–Trinajstić information content (AvgIpc) is 2.55. The molecule has 1 aliphatic rings. The largest absolute Gasteiger partial charge is 0.480 e. The van der Waals surface area contributed by atoms with Gasteiger partial charge in [0.15, 0.2) is 0 Å². The normalized spacial score (nSPS) is 16.1. The van der Waals surface area contributed by atoms with Crippen molar-refractivity contribution in [2.75, 3.05) is 11.4 Å². The van der Waals surface area contributed by atoms with Crippen LogP contribution in [-0.2, 0) is 16.0 Å². The fraction of sp³-hybridized carbons (Fsp3) is 0.273. The van der Waals surface area contributed by atoms with E-state index in [1.807, 2.05) is 18.2 Å². The number of carboxylic acid groups (broad SMARTS) is 1. The van der Waals surface area contributed by atoms with Crippen LogP contribution in [0, 0.1) is 0 Å². The predicted molar refractivity (Wildman–Crippen MR) is 58.1 cm³/mol. The van der Waals surface area contributed by atoms with Gasteiger partial charge in [0.05, 0.1) is 13.0 Å². The van der Waals surface area contributed by atoms with E-state index >= 15 is 0 Å². The first-order valence-electron chi connectivity index (χ1n) is 4.96. The van der Waals surface area contributed by atoms with Crippen molar-refractivity contribution >= 4 is 17.6 Å². The van der Waals surface area contributed by atoms with Gasteiger partial charge in [0.2, 0.25) is 5.91 Å². The molecule has 0 saturated heterocycles. The quantitative estimate of drug-likeness (QED) is 0.750. The molecule has 1 aromatic rings. The lowest BCUT2D eigenvalue weighted by atomic mass is 10.2.